The Kier molecular flexibility index (Phi) is 7.20. The van der Waals surface area contributed by atoms with Gasteiger partial charge in [0.15, 0.2) is 0 Å². The van der Waals surface area contributed by atoms with Crippen LogP contribution in [0.1, 0.15) is 5.56 Å². The van der Waals surface area contributed by atoms with E-state index in [0.29, 0.717) is 11.3 Å². The second-order valence-corrected chi connectivity index (χ2v) is 11.5. The minimum Gasteiger partial charge on any atom is -0.497 e. The molecule has 1 aliphatic heterocycles. The maximum Gasteiger partial charge on any atom is 0.262 e. The zero-order chi connectivity index (χ0) is 25.1. The quantitative estimate of drug-likeness (QED) is 0.421. The number of ether oxygens (including phenoxy) is 1. The van der Waals surface area contributed by atoms with Gasteiger partial charge in [0.2, 0.25) is 0 Å². The van der Waals surface area contributed by atoms with E-state index in [1.54, 1.807) is 55.5 Å². The smallest absolute Gasteiger partial charge is 0.262 e. The van der Waals surface area contributed by atoms with Crippen LogP contribution < -0.4 is 24.4 Å². The highest BCUT2D eigenvalue weighted by molar-refractivity contribution is 7.93. The fourth-order valence-electron chi connectivity index (χ4n) is 3.88. The summed E-state index contributed by atoms with van der Waals surface area (Å²) in [5, 5.41) is 3.28. The molecule has 1 saturated heterocycles. The van der Waals surface area contributed by atoms with E-state index < -0.39 is 20.0 Å². The normalized spacial score (nSPS) is 14.4. The molecule has 1 fully saturated rings. The highest BCUT2D eigenvalue weighted by atomic mass is 32.2. The van der Waals surface area contributed by atoms with Crippen LogP contribution in [0.4, 0.5) is 17.1 Å². The van der Waals surface area contributed by atoms with Crippen molar-refractivity contribution in [2.24, 2.45) is 0 Å². The van der Waals surface area contributed by atoms with E-state index in [4.69, 9.17) is 4.74 Å². The largest absolute Gasteiger partial charge is 0.497 e. The summed E-state index contributed by atoms with van der Waals surface area (Å²) in [5.41, 5.74) is 1.56. The average molecular weight is 517 g/mol. The Hall–Kier alpha value is -3.28. The number of aryl methyl sites for hydroxylation is 1. The molecule has 3 aromatic carbocycles. The molecule has 3 aromatic rings. The molecule has 0 aliphatic carbocycles. The van der Waals surface area contributed by atoms with E-state index in [1.807, 2.05) is 0 Å². The van der Waals surface area contributed by atoms with Crippen molar-refractivity contribution in [3.05, 3.63) is 72.3 Å². The number of methoxy groups -OCH3 is 1. The van der Waals surface area contributed by atoms with Gasteiger partial charge in [-0.3, -0.25) is 9.44 Å². The number of rotatable bonds is 8. The summed E-state index contributed by atoms with van der Waals surface area (Å²) in [4.78, 5) is 2.26. The lowest BCUT2D eigenvalue weighted by atomic mass is 10.2. The summed E-state index contributed by atoms with van der Waals surface area (Å²) in [6.45, 7) is 4.78. The summed E-state index contributed by atoms with van der Waals surface area (Å²) < 4.78 is 62.9. The topological polar surface area (TPSA) is 117 Å². The molecule has 0 radical (unpaired) electrons. The van der Waals surface area contributed by atoms with Gasteiger partial charge in [-0.1, -0.05) is 18.2 Å². The van der Waals surface area contributed by atoms with Crippen LogP contribution in [0.5, 0.6) is 5.75 Å². The first-order chi connectivity index (χ1) is 16.7. The van der Waals surface area contributed by atoms with Crippen LogP contribution in [0, 0.1) is 6.92 Å². The third kappa shape index (κ3) is 5.69. The van der Waals surface area contributed by atoms with Gasteiger partial charge in [-0.15, -0.1) is 0 Å². The first kappa shape index (κ1) is 24.8. The number of hydrogen-bond donors (Lipinski definition) is 3. The van der Waals surface area contributed by atoms with Crippen LogP contribution in [0.15, 0.2) is 76.5 Å². The maximum absolute atomic E-state index is 13.2. The standard InChI is InChI=1S/C24H28N4O5S2/c1-18-16-20(33-2)9-11-24(18)35(31,32)26-22-10-8-19(28-14-12-25-13-15-28)17-23(22)27-34(29,30)21-6-4-3-5-7-21/h3-11,16-17,25-27H,12-15H2,1-2H3. The van der Waals surface area contributed by atoms with Crippen molar-refractivity contribution < 1.29 is 21.6 Å². The molecule has 0 amide bonds. The number of benzene rings is 3. The zero-order valence-electron chi connectivity index (χ0n) is 19.5. The Bertz CT molecular complexity index is 1410. The fraction of sp³-hybridized carbons (Fsp3) is 0.250. The third-order valence-electron chi connectivity index (χ3n) is 5.70. The zero-order valence-corrected chi connectivity index (χ0v) is 21.1. The molecule has 35 heavy (non-hydrogen) atoms. The molecule has 11 heteroatoms. The second kappa shape index (κ2) is 10.1. The Labute approximate surface area is 206 Å². The first-order valence-electron chi connectivity index (χ1n) is 11.0. The predicted molar refractivity (Wildman–Crippen MR) is 137 cm³/mol. The number of piperazine rings is 1. The van der Waals surface area contributed by atoms with Gasteiger partial charge in [0, 0.05) is 31.9 Å². The van der Waals surface area contributed by atoms with Crippen LogP contribution in [0.3, 0.4) is 0 Å². The van der Waals surface area contributed by atoms with E-state index in [-0.39, 0.29) is 21.2 Å². The van der Waals surface area contributed by atoms with Crippen molar-refractivity contribution >= 4 is 37.1 Å². The van der Waals surface area contributed by atoms with Crippen molar-refractivity contribution in [1.29, 1.82) is 0 Å². The highest BCUT2D eigenvalue weighted by Gasteiger charge is 2.23. The molecule has 1 aliphatic rings. The summed E-state index contributed by atoms with van der Waals surface area (Å²) in [5.74, 6) is 0.540. The molecule has 0 unspecified atom stereocenters. The third-order valence-corrected chi connectivity index (χ3v) is 8.61. The Morgan fingerprint density at radius 1 is 0.829 bits per heavy atom. The van der Waals surface area contributed by atoms with Gasteiger partial charge in [0.05, 0.1) is 28.3 Å². The van der Waals surface area contributed by atoms with E-state index in [2.05, 4.69) is 19.7 Å². The lowest BCUT2D eigenvalue weighted by Gasteiger charge is -2.30. The highest BCUT2D eigenvalue weighted by Crippen LogP contribution is 2.32. The molecule has 186 valence electrons. The number of hydrogen-bond acceptors (Lipinski definition) is 7. The predicted octanol–water partition coefficient (Wildman–Crippen LogP) is 3.01. The minimum absolute atomic E-state index is 0.0707. The molecule has 0 saturated carbocycles. The molecule has 9 nitrogen and oxygen atoms in total. The Morgan fingerprint density at radius 2 is 1.51 bits per heavy atom. The number of anilines is 3. The van der Waals surface area contributed by atoms with E-state index >= 15 is 0 Å². The number of nitrogens with one attached hydrogen (secondary N) is 3. The molecule has 1 heterocycles. The van der Waals surface area contributed by atoms with Crippen molar-refractivity contribution in [2.75, 3.05) is 47.6 Å². The van der Waals surface area contributed by atoms with Crippen molar-refractivity contribution in [3.8, 4) is 5.75 Å². The minimum atomic E-state index is -4.01. The van der Waals surface area contributed by atoms with Crippen LogP contribution in [0.2, 0.25) is 0 Å². The van der Waals surface area contributed by atoms with Gasteiger partial charge >= 0.3 is 0 Å². The molecule has 0 atom stereocenters. The number of nitrogens with zero attached hydrogens (tertiary/aromatic N) is 1. The van der Waals surface area contributed by atoms with Crippen molar-refractivity contribution in [1.82, 2.24) is 5.32 Å². The maximum atomic E-state index is 13.2. The SMILES string of the molecule is COc1ccc(S(=O)(=O)Nc2ccc(N3CCNCC3)cc2NS(=O)(=O)c2ccccc2)c(C)c1. The van der Waals surface area contributed by atoms with Gasteiger partial charge in [-0.2, -0.15) is 0 Å². The van der Waals surface area contributed by atoms with Gasteiger partial charge in [0.1, 0.15) is 5.75 Å². The second-order valence-electron chi connectivity index (χ2n) is 8.12. The monoisotopic (exact) mass is 516 g/mol. The van der Waals surface area contributed by atoms with E-state index in [1.165, 1.54) is 25.3 Å². The van der Waals surface area contributed by atoms with Crippen LogP contribution in [0.25, 0.3) is 0 Å². The summed E-state index contributed by atoms with van der Waals surface area (Å²) in [7, 11) is -6.46. The Morgan fingerprint density at radius 3 is 2.17 bits per heavy atom. The van der Waals surface area contributed by atoms with Gasteiger partial charge in [-0.05, 0) is 61.0 Å². The molecular formula is C24H28N4O5S2. The van der Waals surface area contributed by atoms with Crippen molar-refractivity contribution in [3.63, 3.8) is 0 Å². The summed E-state index contributed by atoms with van der Waals surface area (Å²) >= 11 is 0. The van der Waals surface area contributed by atoms with Gasteiger partial charge in [0.25, 0.3) is 20.0 Å². The van der Waals surface area contributed by atoms with E-state index in [9.17, 15) is 16.8 Å². The average Bonchev–Trinajstić information content (AvgIpc) is 2.85. The van der Waals surface area contributed by atoms with Crippen LogP contribution in [-0.2, 0) is 20.0 Å². The first-order valence-corrected chi connectivity index (χ1v) is 14.0. The lowest BCUT2D eigenvalue weighted by Crippen LogP contribution is -2.43. The van der Waals surface area contributed by atoms with Gasteiger partial charge in [-0.25, -0.2) is 16.8 Å². The lowest BCUT2D eigenvalue weighted by molar-refractivity contribution is 0.414. The molecule has 3 N–H and O–H groups in total. The summed E-state index contributed by atoms with van der Waals surface area (Å²) in [6, 6.07) is 17.6. The van der Waals surface area contributed by atoms with Crippen LogP contribution >= 0.6 is 0 Å². The molecular weight excluding hydrogens is 488 g/mol. The number of sulfonamides is 2. The Balaban J connectivity index is 1.73. The van der Waals surface area contributed by atoms with Gasteiger partial charge < -0.3 is 15.0 Å². The molecule has 0 bridgehead atoms. The molecule has 4 rings (SSSR count). The summed E-state index contributed by atoms with van der Waals surface area (Å²) in [6.07, 6.45) is 0. The fourth-order valence-corrected chi connectivity index (χ4v) is 6.28. The molecule has 0 spiro atoms. The van der Waals surface area contributed by atoms with Crippen molar-refractivity contribution in [2.45, 2.75) is 16.7 Å². The van der Waals surface area contributed by atoms with Crippen LogP contribution in [-0.4, -0.2) is 50.1 Å². The molecule has 0 aromatic heterocycles. The van der Waals surface area contributed by atoms with E-state index in [0.717, 1.165) is 31.9 Å².